The Morgan fingerprint density at radius 3 is 2.40 bits per heavy atom. The Morgan fingerprint density at radius 2 is 1.87 bits per heavy atom. The van der Waals surface area contributed by atoms with Gasteiger partial charge < -0.3 is 5.32 Å². The average molecular weight is 207 g/mol. The smallest absolute Gasteiger partial charge is 0.129 e. The maximum absolute atomic E-state index is 4.34. The molecule has 1 atom stereocenters. The van der Waals surface area contributed by atoms with E-state index in [1.54, 1.807) is 0 Å². The van der Waals surface area contributed by atoms with Gasteiger partial charge in [-0.25, -0.2) is 9.97 Å². The second-order valence-electron chi connectivity index (χ2n) is 4.54. The molecule has 0 saturated heterocycles. The molecule has 0 amide bonds. The van der Waals surface area contributed by atoms with Crippen molar-refractivity contribution in [2.45, 2.75) is 34.6 Å². The molecule has 15 heavy (non-hydrogen) atoms. The zero-order chi connectivity index (χ0) is 11.4. The van der Waals surface area contributed by atoms with Gasteiger partial charge in [-0.1, -0.05) is 20.8 Å². The standard InChI is InChI=1S/C12H21N3/c1-8(2)9(3)7-13-12-6-10(4)14-11(5)15-12/h6,8-9H,7H2,1-5H3,(H,13,14,15). The van der Waals surface area contributed by atoms with Gasteiger partial charge in [0.15, 0.2) is 0 Å². The van der Waals surface area contributed by atoms with Crippen molar-refractivity contribution < 1.29 is 0 Å². The second-order valence-corrected chi connectivity index (χ2v) is 4.54. The number of nitrogens with one attached hydrogen (secondary N) is 1. The van der Waals surface area contributed by atoms with Crippen LogP contribution in [0.15, 0.2) is 6.07 Å². The van der Waals surface area contributed by atoms with Crippen molar-refractivity contribution >= 4 is 5.82 Å². The number of hydrogen-bond donors (Lipinski definition) is 1. The van der Waals surface area contributed by atoms with Crippen LogP contribution in [-0.2, 0) is 0 Å². The summed E-state index contributed by atoms with van der Waals surface area (Å²) >= 11 is 0. The highest BCUT2D eigenvalue weighted by Crippen LogP contribution is 2.11. The number of rotatable bonds is 4. The molecule has 1 aromatic heterocycles. The molecule has 3 nitrogen and oxygen atoms in total. The van der Waals surface area contributed by atoms with E-state index in [4.69, 9.17) is 0 Å². The Kier molecular flexibility index (Phi) is 4.06. The van der Waals surface area contributed by atoms with Crippen molar-refractivity contribution in [2.24, 2.45) is 11.8 Å². The maximum atomic E-state index is 4.34. The summed E-state index contributed by atoms with van der Waals surface area (Å²) in [5, 5.41) is 3.36. The van der Waals surface area contributed by atoms with Crippen LogP contribution in [0.3, 0.4) is 0 Å². The Morgan fingerprint density at radius 1 is 1.20 bits per heavy atom. The van der Waals surface area contributed by atoms with Crippen molar-refractivity contribution in [1.82, 2.24) is 9.97 Å². The van der Waals surface area contributed by atoms with Crippen LogP contribution in [-0.4, -0.2) is 16.5 Å². The normalized spacial score (nSPS) is 12.9. The van der Waals surface area contributed by atoms with Gasteiger partial charge in [-0.05, 0) is 25.7 Å². The van der Waals surface area contributed by atoms with Crippen LogP contribution in [0.2, 0.25) is 0 Å². The minimum Gasteiger partial charge on any atom is -0.370 e. The molecule has 0 bridgehead atoms. The highest BCUT2D eigenvalue weighted by atomic mass is 15.0. The van der Waals surface area contributed by atoms with E-state index < -0.39 is 0 Å². The van der Waals surface area contributed by atoms with Gasteiger partial charge in [-0.15, -0.1) is 0 Å². The first-order valence-electron chi connectivity index (χ1n) is 5.55. The fourth-order valence-corrected chi connectivity index (χ4v) is 1.31. The number of aryl methyl sites for hydroxylation is 2. The van der Waals surface area contributed by atoms with E-state index in [1.807, 2.05) is 19.9 Å². The average Bonchev–Trinajstić information content (AvgIpc) is 2.12. The van der Waals surface area contributed by atoms with Crippen molar-refractivity contribution in [3.8, 4) is 0 Å². The third-order valence-electron chi connectivity index (χ3n) is 2.71. The molecule has 0 saturated carbocycles. The molecule has 1 aromatic rings. The van der Waals surface area contributed by atoms with Crippen LogP contribution in [0.5, 0.6) is 0 Å². The van der Waals surface area contributed by atoms with Crippen molar-refractivity contribution in [1.29, 1.82) is 0 Å². The highest BCUT2D eigenvalue weighted by molar-refractivity contribution is 5.35. The van der Waals surface area contributed by atoms with Gasteiger partial charge in [-0.3, -0.25) is 0 Å². The lowest BCUT2D eigenvalue weighted by molar-refractivity contribution is 0.439. The molecule has 0 fully saturated rings. The van der Waals surface area contributed by atoms with Gasteiger partial charge in [0.05, 0.1) is 0 Å². The third kappa shape index (κ3) is 3.86. The lowest BCUT2D eigenvalue weighted by atomic mass is 9.98. The zero-order valence-electron chi connectivity index (χ0n) is 10.3. The molecule has 1 heterocycles. The van der Waals surface area contributed by atoms with E-state index in [1.165, 1.54) is 0 Å². The lowest BCUT2D eigenvalue weighted by Crippen LogP contribution is -2.17. The summed E-state index contributed by atoms with van der Waals surface area (Å²) in [7, 11) is 0. The number of anilines is 1. The molecule has 84 valence electrons. The molecule has 1 rings (SSSR count). The van der Waals surface area contributed by atoms with E-state index >= 15 is 0 Å². The summed E-state index contributed by atoms with van der Waals surface area (Å²) in [4.78, 5) is 8.59. The monoisotopic (exact) mass is 207 g/mol. The predicted octanol–water partition coefficient (Wildman–Crippen LogP) is 2.80. The molecule has 1 unspecified atom stereocenters. The molecule has 0 radical (unpaired) electrons. The van der Waals surface area contributed by atoms with E-state index in [2.05, 4.69) is 36.1 Å². The van der Waals surface area contributed by atoms with E-state index in [0.717, 1.165) is 23.9 Å². The Bertz CT molecular complexity index is 300. The van der Waals surface area contributed by atoms with Gasteiger partial charge in [0, 0.05) is 18.3 Å². The zero-order valence-corrected chi connectivity index (χ0v) is 10.3. The van der Waals surface area contributed by atoms with Crippen LogP contribution in [0.4, 0.5) is 5.82 Å². The fourth-order valence-electron chi connectivity index (χ4n) is 1.31. The highest BCUT2D eigenvalue weighted by Gasteiger charge is 2.07. The Labute approximate surface area is 92.3 Å². The van der Waals surface area contributed by atoms with Gasteiger partial charge in [0.2, 0.25) is 0 Å². The summed E-state index contributed by atoms with van der Waals surface area (Å²) < 4.78 is 0. The Balaban J connectivity index is 2.57. The summed E-state index contributed by atoms with van der Waals surface area (Å²) in [5.74, 6) is 3.12. The molecule has 0 aliphatic rings. The van der Waals surface area contributed by atoms with E-state index in [0.29, 0.717) is 11.8 Å². The number of aromatic nitrogens is 2. The topological polar surface area (TPSA) is 37.8 Å². The minimum absolute atomic E-state index is 0.653. The van der Waals surface area contributed by atoms with Crippen LogP contribution in [0.25, 0.3) is 0 Å². The lowest BCUT2D eigenvalue weighted by Gasteiger charge is -2.16. The van der Waals surface area contributed by atoms with Crippen molar-refractivity contribution in [3.63, 3.8) is 0 Å². The van der Waals surface area contributed by atoms with Gasteiger partial charge in [0.25, 0.3) is 0 Å². The molecule has 0 aromatic carbocycles. The number of hydrogen-bond acceptors (Lipinski definition) is 3. The molecule has 1 N–H and O–H groups in total. The molecule has 0 spiro atoms. The molecule has 0 aliphatic heterocycles. The summed E-state index contributed by atoms with van der Waals surface area (Å²) in [5.41, 5.74) is 1.02. The van der Waals surface area contributed by atoms with Crippen LogP contribution in [0, 0.1) is 25.7 Å². The molecule has 0 aliphatic carbocycles. The third-order valence-corrected chi connectivity index (χ3v) is 2.71. The van der Waals surface area contributed by atoms with Crippen LogP contribution >= 0.6 is 0 Å². The second kappa shape index (κ2) is 5.10. The van der Waals surface area contributed by atoms with Crippen molar-refractivity contribution in [2.75, 3.05) is 11.9 Å². The minimum atomic E-state index is 0.653. The largest absolute Gasteiger partial charge is 0.370 e. The van der Waals surface area contributed by atoms with Crippen molar-refractivity contribution in [3.05, 3.63) is 17.6 Å². The summed E-state index contributed by atoms with van der Waals surface area (Å²) in [6, 6.07) is 1.99. The fraction of sp³-hybridized carbons (Fsp3) is 0.667. The first-order valence-corrected chi connectivity index (χ1v) is 5.55. The van der Waals surface area contributed by atoms with Gasteiger partial charge >= 0.3 is 0 Å². The summed E-state index contributed by atoms with van der Waals surface area (Å²) in [6.45, 7) is 11.6. The van der Waals surface area contributed by atoms with E-state index in [9.17, 15) is 0 Å². The molecular formula is C12H21N3. The maximum Gasteiger partial charge on any atom is 0.129 e. The van der Waals surface area contributed by atoms with Crippen LogP contribution < -0.4 is 5.32 Å². The number of nitrogens with zero attached hydrogens (tertiary/aromatic N) is 2. The first-order chi connectivity index (χ1) is 6.99. The van der Waals surface area contributed by atoms with Gasteiger partial charge in [0.1, 0.15) is 11.6 Å². The van der Waals surface area contributed by atoms with E-state index in [-0.39, 0.29) is 0 Å². The molecule has 3 heteroatoms. The SMILES string of the molecule is Cc1cc(NCC(C)C(C)C)nc(C)n1. The first kappa shape index (κ1) is 12.0. The molecular weight excluding hydrogens is 186 g/mol. The Hall–Kier alpha value is -1.12. The summed E-state index contributed by atoms with van der Waals surface area (Å²) in [6.07, 6.45) is 0. The van der Waals surface area contributed by atoms with Gasteiger partial charge in [-0.2, -0.15) is 0 Å². The quantitative estimate of drug-likeness (QED) is 0.825. The predicted molar refractivity (Wildman–Crippen MR) is 64.0 cm³/mol. The van der Waals surface area contributed by atoms with Crippen LogP contribution in [0.1, 0.15) is 32.3 Å².